The van der Waals surface area contributed by atoms with E-state index in [0.29, 0.717) is 4.32 Å². The number of thiocarbonyl (C=S) groups is 1. The molecular weight excluding hydrogens is 173 g/mol. The molecule has 0 atom stereocenters. The maximum Gasteiger partial charge on any atom is 1.00 e. The second kappa shape index (κ2) is 8.21. The zero-order chi connectivity index (χ0) is 7.28. The molecule has 0 aromatic rings. The van der Waals surface area contributed by atoms with Crippen LogP contribution < -0.4 is 29.6 Å². The number of hydrogen-bond donors (Lipinski definition) is 0. The van der Waals surface area contributed by atoms with Gasteiger partial charge in [-0.1, -0.05) is 11.2 Å². The van der Waals surface area contributed by atoms with Crippen LogP contribution in [-0.4, -0.2) is 22.3 Å². The van der Waals surface area contributed by atoms with Crippen molar-refractivity contribution in [2.24, 2.45) is 0 Å². The quantitative estimate of drug-likeness (QED) is 0.301. The van der Waals surface area contributed by atoms with Crippen LogP contribution in [0.3, 0.4) is 0 Å². The molecule has 0 bridgehead atoms. The molecule has 0 aliphatic rings. The Balaban J connectivity index is 0. The van der Waals surface area contributed by atoms with Crippen molar-refractivity contribution in [2.75, 3.05) is 13.1 Å². The van der Waals surface area contributed by atoms with Crippen LogP contribution in [0.1, 0.15) is 20.3 Å². The van der Waals surface area contributed by atoms with Gasteiger partial charge in [-0.3, -0.25) is 0 Å². The fourth-order valence-electron chi connectivity index (χ4n) is 0.648. The molecule has 0 fully saturated rings. The summed E-state index contributed by atoms with van der Waals surface area (Å²) >= 11 is 9.64. The van der Waals surface area contributed by atoms with Crippen molar-refractivity contribution in [3.63, 3.8) is 0 Å². The van der Waals surface area contributed by atoms with Crippen molar-refractivity contribution >= 4 is 29.2 Å². The molecule has 0 aromatic carbocycles. The maximum atomic E-state index is 4.82. The Morgan fingerprint density at radius 3 is 2.10 bits per heavy atom. The zero-order valence-corrected chi connectivity index (χ0v) is 10.5. The molecule has 0 unspecified atom stereocenters. The molecule has 0 aliphatic carbocycles. The Morgan fingerprint density at radius 2 is 2.00 bits per heavy atom. The first-order chi connectivity index (χ1) is 4.22. The average Bonchev–Trinajstić information content (AvgIpc) is 1.82. The van der Waals surface area contributed by atoms with Crippen molar-refractivity contribution in [2.45, 2.75) is 20.3 Å². The fourth-order valence-corrected chi connectivity index (χ4v) is 1.09. The van der Waals surface area contributed by atoms with Crippen molar-refractivity contribution < 1.29 is 29.6 Å². The van der Waals surface area contributed by atoms with Gasteiger partial charge < -0.3 is 29.7 Å². The van der Waals surface area contributed by atoms with Crippen LogP contribution in [0.5, 0.6) is 0 Å². The number of rotatable bonds is 3. The SMILES string of the molecule is CCCN(CC)C(=S)[S-].[Na+]. The van der Waals surface area contributed by atoms with Crippen molar-refractivity contribution in [3.05, 3.63) is 0 Å². The number of hydrogen-bond acceptors (Lipinski definition) is 2. The van der Waals surface area contributed by atoms with E-state index in [2.05, 4.69) is 13.8 Å². The van der Waals surface area contributed by atoms with Crippen molar-refractivity contribution in [3.8, 4) is 0 Å². The standard InChI is InChI=1S/C6H13NS2.Na/c1-3-5-7(4-2)6(8)9;/h3-5H2,1-2H3,(H,8,9);/q;+1/p-1. The Morgan fingerprint density at radius 1 is 1.50 bits per heavy atom. The molecule has 54 valence electrons. The minimum atomic E-state index is 0. The summed E-state index contributed by atoms with van der Waals surface area (Å²) in [6.45, 7) is 6.12. The van der Waals surface area contributed by atoms with Gasteiger partial charge in [0.05, 0.1) is 0 Å². The van der Waals surface area contributed by atoms with Crippen LogP contribution in [0, 0.1) is 0 Å². The predicted molar refractivity (Wildman–Crippen MR) is 47.5 cm³/mol. The van der Waals surface area contributed by atoms with Gasteiger partial charge in [0.15, 0.2) is 0 Å². The first-order valence-electron chi connectivity index (χ1n) is 3.18. The zero-order valence-electron chi connectivity index (χ0n) is 6.89. The van der Waals surface area contributed by atoms with Gasteiger partial charge in [-0.2, -0.15) is 0 Å². The molecule has 4 heteroatoms. The molecule has 0 radical (unpaired) electrons. The summed E-state index contributed by atoms with van der Waals surface area (Å²) in [7, 11) is 0. The topological polar surface area (TPSA) is 3.24 Å². The first kappa shape index (κ1) is 13.7. The van der Waals surface area contributed by atoms with E-state index >= 15 is 0 Å². The van der Waals surface area contributed by atoms with Gasteiger partial charge in [0.1, 0.15) is 0 Å². The molecule has 0 heterocycles. The third kappa shape index (κ3) is 5.86. The van der Waals surface area contributed by atoms with E-state index in [4.69, 9.17) is 24.8 Å². The summed E-state index contributed by atoms with van der Waals surface area (Å²) in [5.74, 6) is 0. The minimum absolute atomic E-state index is 0. The Hall–Kier alpha value is 1.11. The van der Waals surface area contributed by atoms with Gasteiger partial charge in [0, 0.05) is 13.1 Å². The third-order valence-corrected chi connectivity index (χ3v) is 1.65. The fraction of sp³-hybridized carbons (Fsp3) is 0.833. The summed E-state index contributed by atoms with van der Waals surface area (Å²) in [6.07, 6.45) is 1.12. The second-order valence-corrected chi connectivity index (χ2v) is 2.88. The average molecular weight is 185 g/mol. The molecule has 0 rings (SSSR count). The van der Waals surface area contributed by atoms with E-state index in [1.807, 2.05) is 4.90 Å². The molecule has 0 aromatic heterocycles. The van der Waals surface area contributed by atoms with Gasteiger partial charge in [0.2, 0.25) is 0 Å². The van der Waals surface area contributed by atoms with Gasteiger partial charge in [-0.15, -0.1) is 0 Å². The van der Waals surface area contributed by atoms with Crippen LogP contribution >= 0.6 is 12.2 Å². The van der Waals surface area contributed by atoms with E-state index in [1.165, 1.54) is 0 Å². The molecule has 0 N–H and O–H groups in total. The first-order valence-corrected chi connectivity index (χ1v) is 4.00. The molecule has 0 amide bonds. The van der Waals surface area contributed by atoms with E-state index in [9.17, 15) is 0 Å². The Kier molecular flexibility index (Phi) is 11.2. The van der Waals surface area contributed by atoms with Crippen LogP contribution in [0.2, 0.25) is 0 Å². The third-order valence-electron chi connectivity index (χ3n) is 1.13. The normalized spacial score (nSPS) is 8.20. The summed E-state index contributed by atoms with van der Waals surface area (Å²) in [6, 6.07) is 0. The Bertz CT molecular complexity index is 97.7. The maximum absolute atomic E-state index is 4.82. The van der Waals surface area contributed by atoms with Gasteiger partial charge >= 0.3 is 29.6 Å². The summed E-state index contributed by atoms with van der Waals surface area (Å²) in [5, 5.41) is 0. The van der Waals surface area contributed by atoms with Crippen molar-refractivity contribution in [1.82, 2.24) is 4.90 Å². The molecule has 10 heavy (non-hydrogen) atoms. The summed E-state index contributed by atoms with van der Waals surface area (Å²) in [4.78, 5) is 2.02. The monoisotopic (exact) mass is 185 g/mol. The molecule has 0 saturated carbocycles. The molecule has 0 spiro atoms. The molecule has 0 saturated heterocycles. The molecular formula is C6H12NNaS2. The van der Waals surface area contributed by atoms with Crippen LogP contribution in [0.15, 0.2) is 0 Å². The van der Waals surface area contributed by atoms with E-state index in [-0.39, 0.29) is 29.6 Å². The van der Waals surface area contributed by atoms with Crippen LogP contribution in [0.4, 0.5) is 0 Å². The minimum Gasteiger partial charge on any atom is -0.411 e. The smallest absolute Gasteiger partial charge is 0.411 e. The van der Waals surface area contributed by atoms with E-state index in [0.717, 1.165) is 19.5 Å². The van der Waals surface area contributed by atoms with Gasteiger partial charge in [-0.05, 0) is 13.3 Å². The number of nitrogens with zero attached hydrogens (tertiary/aromatic N) is 1. The van der Waals surface area contributed by atoms with E-state index < -0.39 is 0 Å². The van der Waals surface area contributed by atoms with Crippen molar-refractivity contribution in [1.29, 1.82) is 0 Å². The van der Waals surface area contributed by atoms with Crippen LogP contribution in [0.25, 0.3) is 0 Å². The molecule has 1 nitrogen and oxygen atoms in total. The largest absolute Gasteiger partial charge is 1.00 e. The van der Waals surface area contributed by atoms with Gasteiger partial charge in [0.25, 0.3) is 0 Å². The summed E-state index contributed by atoms with van der Waals surface area (Å²) < 4.78 is 0.597. The predicted octanol–water partition coefficient (Wildman–Crippen LogP) is -1.45. The van der Waals surface area contributed by atoms with Gasteiger partial charge in [-0.25, -0.2) is 0 Å². The molecule has 0 aliphatic heterocycles. The summed E-state index contributed by atoms with van der Waals surface area (Å²) in [5.41, 5.74) is 0. The Labute approximate surface area is 96.3 Å². The van der Waals surface area contributed by atoms with Crippen LogP contribution in [-0.2, 0) is 12.6 Å². The van der Waals surface area contributed by atoms with E-state index in [1.54, 1.807) is 0 Å². The second-order valence-electron chi connectivity index (χ2n) is 1.85.